The number of hydrogen-bond donors (Lipinski definition) is 2. The molecule has 1 aromatic heterocycles. The molecule has 1 atom stereocenters. The number of aromatic nitrogens is 1. The normalized spacial score (nSPS) is 17.6. The summed E-state index contributed by atoms with van der Waals surface area (Å²) in [4.78, 5) is 51.6. The molecule has 0 radical (unpaired) electrons. The van der Waals surface area contributed by atoms with E-state index in [1.807, 2.05) is 0 Å². The van der Waals surface area contributed by atoms with Gasteiger partial charge in [0.05, 0.1) is 6.54 Å². The van der Waals surface area contributed by atoms with Crippen LogP contribution < -0.4 is 11.1 Å². The minimum absolute atomic E-state index is 0.195. The molecule has 1 unspecified atom stereocenters. The second-order valence-electron chi connectivity index (χ2n) is 8.87. The van der Waals surface area contributed by atoms with Crippen LogP contribution in [-0.2, 0) is 10.3 Å². The number of rotatable bonds is 6. The number of carbonyl (C=O) groups excluding carboxylic acids is 4. The van der Waals surface area contributed by atoms with Crippen LogP contribution in [0.25, 0.3) is 5.69 Å². The van der Waals surface area contributed by atoms with Gasteiger partial charge in [-0.3, -0.25) is 19.3 Å². The minimum Gasteiger partial charge on any atom is -0.366 e. The Labute approximate surface area is 201 Å². The predicted octanol–water partition coefficient (Wildman–Crippen LogP) is 3.29. The summed E-state index contributed by atoms with van der Waals surface area (Å²) in [7, 11) is 0. The van der Waals surface area contributed by atoms with E-state index in [9.17, 15) is 23.6 Å². The van der Waals surface area contributed by atoms with Crippen LogP contribution in [0.1, 0.15) is 50.2 Å². The number of nitrogens with two attached hydrogens (primary N) is 1. The highest BCUT2D eigenvalue weighted by Crippen LogP contribution is 2.30. The summed E-state index contributed by atoms with van der Waals surface area (Å²) in [5, 5.41) is 2.62. The molecule has 3 aromatic rings. The van der Waals surface area contributed by atoms with Crippen molar-refractivity contribution in [1.29, 1.82) is 0 Å². The number of amides is 4. The van der Waals surface area contributed by atoms with E-state index >= 15 is 0 Å². The van der Waals surface area contributed by atoms with Crippen molar-refractivity contribution >= 4 is 23.6 Å². The third-order valence-corrected chi connectivity index (χ3v) is 6.45. The summed E-state index contributed by atoms with van der Waals surface area (Å²) in [6, 6.07) is 11.9. The van der Waals surface area contributed by atoms with Crippen molar-refractivity contribution in [1.82, 2.24) is 14.8 Å². The van der Waals surface area contributed by atoms with Crippen molar-refractivity contribution in [2.75, 3.05) is 6.54 Å². The molecule has 1 saturated heterocycles. The van der Waals surface area contributed by atoms with Crippen molar-refractivity contribution in [2.45, 2.75) is 33.2 Å². The summed E-state index contributed by atoms with van der Waals surface area (Å²) >= 11 is 0. The number of Topliss-reactive ketones (excluding diaryl/α,β-unsaturated/α-hetero) is 1. The number of carbonyl (C=O) groups is 4. The lowest BCUT2D eigenvalue weighted by Gasteiger charge is -2.22. The van der Waals surface area contributed by atoms with Gasteiger partial charge in [-0.05, 0) is 69.2 Å². The summed E-state index contributed by atoms with van der Waals surface area (Å²) in [6.45, 7) is 6.22. The first-order valence-electron chi connectivity index (χ1n) is 11.0. The van der Waals surface area contributed by atoms with E-state index in [1.54, 1.807) is 55.7 Å². The van der Waals surface area contributed by atoms with Gasteiger partial charge >= 0.3 is 6.03 Å². The number of halogens is 1. The lowest BCUT2D eigenvalue weighted by atomic mass is 9.90. The number of primary amides is 1. The van der Waals surface area contributed by atoms with Crippen LogP contribution in [0, 0.1) is 26.6 Å². The van der Waals surface area contributed by atoms with E-state index in [0.29, 0.717) is 33.8 Å². The highest BCUT2D eigenvalue weighted by Gasteiger charge is 2.49. The molecular weight excluding hydrogens is 451 g/mol. The summed E-state index contributed by atoms with van der Waals surface area (Å²) < 4.78 is 15.9. The van der Waals surface area contributed by atoms with Crippen LogP contribution in [0.2, 0.25) is 0 Å². The van der Waals surface area contributed by atoms with Crippen molar-refractivity contribution in [3.8, 4) is 5.69 Å². The van der Waals surface area contributed by atoms with Crippen molar-refractivity contribution in [2.24, 2.45) is 5.73 Å². The summed E-state index contributed by atoms with van der Waals surface area (Å²) in [5.41, 5.74) is 7.14. The molecule has 0 aliphatic carbocycles. The van der Waals surface area contributed by atoms with E-state index < -0.39 is 35.7 Å². The van der Waals surface area contributed by atoms with Crippen LogP contribution in [-0.4, -0.2) is 39.6 Å². The zero-order valence-corrected chi connectivity index (χ0v) is 19.8. The number of benzene rings is 2. The zero-order chi connectivity index (χ0) is 25.7. The van der Waals surface area contributed by atoms with Crippen molar-refractivity contribution in [3.63, 3.8) is 0 Å². The molecular formula is C26H25FN4O4. The SMILES string of the molecule is Cc1ccc(-n2c(C)cc(C(=O)CN3C(=O)NC(C)(c4cccc(C(N)=O)c4)C3=O)c2C)cc1F. The molecule has 8 nitrogen and oxygen atoms in total. The number of ketones is 1. The van der Waals surface area contributed by atoms with Gasteiger partial charge < -0.3 is 15.6 Å². The molecule has 1 aliphatic rings. The summed E-state index contributed by atoms with van der Waals surface area (Å²) in [6.07, 6.45) is 0. The fraction of sp³-hybridized carbons (Fsp3) is 0.231. The first kappa shape index (κ1) is 23.9. The van der Waals surface area contributed by atoms with Crippen LogP contribution in [0.5, 0.6) is 0 Å². The number of nitrogens with one attached hydrogen (secondary N) is 1. The lowest BCUT2D eigenvalue weighted by molar-refractivity contribution is -0.130. The Kier molecular flexibility index (Phi) is 5.80. The fourth-order valence-corrected chi connectivity index (χ4v) is 4.41. The van der Waals surface area contributed by atoms with Gasteiger partial charge in [0.2, 0.25) is 5.91 Å². The smallest absolute Gasteiger partial charge is 0.325 e. The quantitative estimate of drug-likeness (QED) is 0.420. The molecule has 4 amide bonds. The van der Waals surface area contributed by atoms with Crippen LogP contribution in [0.15, 0.2) is 48.5 Å². The highest BCUT2D eigenvalue weighted by atomic mass is 19.1. The standard InChI is InChI=1S/C26H25FN4O4/c1-14-8-9-19(12-21(14)27)31-15(2)10-20(16(31)3)22(32)13-30-24(34)26(4,29-25(30)35)18-7-5-6-17(11-18)23(28)33/h5-12H,13H2,1-4H3,(H2,28,33)(H,29,35). The molecule has 35 heavy (non-hydrogen) atoms. The molecule has 0 spiro atoms. The summed E-state index contributed by atoms with van der Waals surface area (Å²) in [5.74, 6) is -2.08. The second kappa shape index (κ2) is 8.50. The van der Waals surface area contributed by atoms with Gasteiger partial charge in [-0.1, -0.05) is 18.2 Å². The van der Waals surface area contributed by atoms with Crippen molar-refractivity contribution < 1.29 is 23.6 Å². The maximum atomic E-state index is 14.1. The molecule has 3 N–H and O–H groups in total. The number of imide groups is 1. The molecule has 2 aromatic carbocycles. The number of urea groups is 1. The number of hydrogen-bond acceptors (Lipinski definition) is 4. The average molecular weight is 477 g/mol. The first-order chi connectivity index (χ1) is 16.4. The van der Waals surface area contributed by atoms with Crippen LogP contribution >= 0.6 is 0 Å². The van der Waals surface area contributed by atoms with E-state index in [-0.39, 0.29) is 11.4 Å². The second-order valence-corrected chi connectivity index (χ2v) is 8.87. The monoisotopic (exact) mass is 476 g/mol. The van der Waals surface area contributed by atoms with Gasteiger partial charge in [0, 0.05) is 28.2 Å². The van der Waals surface area contributed by atoms with Gasteiger partial charge in [0.15, 0.2) is 5.78 Å². The Hall–Kier alpha value is -4.27. The Morgan fingerprint density at radius 2 is 1.77 bits per heavy atom. The third kappa shape index (κ3) is 3.99. The molecule has 0 saturated carbocycles. The maximum Gasteiger partial charge on any atom is 0.325 e. The van der Waals surface area contributed by atoms with E-state index in [1.165, 1.54) is 25.1 Å². The Balaban J connectivity index is 1.62. The Morgan fingerprint density at radius 3 is 2.43 bits per heavy atom. The molecule has 4 rings (SSSR count). The van der Waals surface area contributed by atoms with Gasteiger partial charge in [0.25, 0.3) is 5.91 Å². The van der Waals surface area contributed by atoms with Crippen LogP contribution in [0.3, 0.4) is 0 Å². The van der Waals surface area contributed by atoms with Gasteiger partial charge in [-0.15, -0.1) is 0 Å². The average Bonchev–Trinajstić information content (AvgIpc) is 3.23. The zero-order valence-electron chi connectivity index (χ0n) is 19.8. The molecule has 2 heterocycles. The van der Waals surface area contributed by atoms with Gasteiger partial charge in [-0.25, -0.2) is 9.18 Å². The Morgan fingerprint density at radius 1 is 1.06 bits per heavy atom. The van der Waals surface area contributed by atoms with Crippen LogP contribution in [0.4, 0.5) is 9.18 Å². The van der Waals surface area contributed by atoms with E-state index in [2.05, 4.69) is 5.32 Å². The third-order valence-electron chi connectivity index (χ3n) is 6.45. The lowest BCUT2D eigenvalue weighted by Crippen LogP contribution is -2.41. The van der Waals surface area contributed by atoms with Gasteiger partial charge in [0.1, 0.15) is 11.4 Å². The minimum atomic E-state index is -1.46. The molecule has 0 bridgehead atoms. The maximum absolute atomic E-state index is 14.1. The Bertz CT molecular complexity index is 1410. The van der Waals surface area contributed by atoms with E-state index in [0.717, 1.165) is 4.90 Å². The van der Waals surface area contributed by atoms with Gasteiger partial charge in [-0.2, -0.15) is 0 Å². The van der Waals surface area contributed by atoms with E-state index in [4.69, 9.17) is 5.73 Å². The molecule has 1 aliphatic heterocycles. The topological polar surface area (TPSA) is 114 Å². The fourth-order valence-electron chi connectivity index (χ4n) is 4.41. The molecule has 1 fully saturated rings. The largest absolute Gasteiger partial charge is 0.366 e. The molecule has 9 heteroatoms. The highest BCUT2D eigenvalue weighted by molar-refractivity contribution is 6.11. The number of aryl methyl sites for hydroxylation is 2. The predicted molar refractivity (Wildman–Crippen MR) is 127 cm³/mol. The number of nitrogens with zero attached hydrogens (tertiary/aromatic N) is 2. The van der Waals surface area contributed by atoms with Crippen molar-refractivity contribution in [3.05, 3.63) is 88.0 Å². The molecule has 180 valence electrons. The first-order valence-corrected chi connectivity index (χ1v) is 11.0.